The number of rotatable bonds is 12. The molecule has 3 rings (SSSR count). The van der Waals surface area contributed by atoms with Crippen molar-refractivity contribution in [1.82, 2.24) is 9.80 Å². The van der Waals surface area contributed by atoms with Crippen LogP contribution in [0.25, 0.3) is 0 Å². The fraction of sp³-hybridized carbons (Fsp3) is 0.310. The standard InChI is InChI=1S/C29H32F3N3O4S/c1-5-13-35(28(37)33-23-8-6-7-22(17-23)29(30,31)32)19-27(36)34(18-26-20(2)12-15-40-26)14-11-21-9-10-24(38-3)25(16-21)39-4/h5-10,12,15-17H,1,11,13-14,18-19H2,2-4H3,(H,33,37). The normalized spacial score (nSPS) is 11.1. The first-order valence-corrected chi connectivity index (χ1v) is 13.3. The molecule has 1 N–H and O–H groups in total. The smallest absolute Gasteiger partial charge is 0.416 e. The average Bonchev–Trinajstić information content (AvgIpc) is 3.34. The predicted molar refractivity (Wildman–Crippen MR) is 150 cm³/mol. The molecule has 0 aliphatic carbocycles. The molecule has 1 heterocycles. The number of amides is 3. The van der Waals surface area contributed by atoms with Crippen molar-refractivity contribution in [3.8, 4) is 11.5 Å². The molecular formula is C29H32F3N3O4S. The predicted octanol–water partition coefficient (Wildman–Crippen LogP) is 6.38. The minimum atomic E-state index is -4.55. The van der Waals surface area contributed by atoms with Gasteiger partial charge in [-0.2, -0.15) is 13.2 Å². The molecule has 0 aliphatic heterocycles. The van der Waals surface area contributed by atoms with E-state index in [0.29, 0.717) is 31.0 Å². The molecule has 3 aromatic rings. The Morgan fingerprint density at radius 2 is 1.80 bits per heavy atom. The van der Waals surface area contributed by atoms with Gasteiger partial charge >= 0.3 is 12.2 Å². The van der Waals surface area contributed by atoms with E-state index in [9.17, 15) is 22.8 Å². The fourth-order valence-corrected chi connectivity index (χ4v) is 4.87. The summed E-state index contributed by atoms with van der Waals surface area (Å²) >= 11 is 1.54. The average molecular weight is 576 g/mol. The summed E-state index contributed by atoms with van der Waals surface area (Å²) in [5, 5.41) is 4.42. The summed E-state index contributed by atoms with van der Waals surface area (Å²) in [4.78, 5) is 30.4. The Kier molecular flexibility index (Phi) is 10.6. The minimum absolute atomic E-state index is 0.0259. The minimum Gasteiger partial charge on any atom is -0.493 e. The molecule has 0 saturated carbocycles. The monoisotopic (exact) mass is 575 g/mol. The first-order valence-electron chi connectivity index (χ1n) is 12.4. The Balaban J connectivity index is 1.77. The van der Waals surface area contributed by atoms with E-state index < -0.39 is 17.8 Å². The quantitative estimate of drug-likeness (QED) is 0.254. The van der Waals surface area contributed by atoms with Gasteiger partial charge in [0.1, 0.15) is 6.54 Å². The number of anilines is 1. The maximum Gasteiger partial charge on any atom is 0.416 e. The molecule has 0 spiro atoms. The van der Waals surface area contributed by atoms with Crippen LogP contribution in [-0.4, -0.2) is 55.6 Å². The van der Waals surface area contributed by atoms with E-state index in [0.717, 1.165) is 28.1 Å². The van der Waals surface area contributed by atoms with E-state index in [1.807, 2.05) is 30.5 Å². The molecule has 7 nitrogen and oxygen atoms in total. The van der Waals surface area contributed by atoms with Crippen LogP contribution in [0.2, 0.25) is 0 Å². The second-order valence-electron chi connectivity index (χ2n) is 8.96. The molecule has 0 aliphatic rings. The number of ether oxygens (including phenoxy) is 2. The highest BCUT2D eigenvalue weighted by molar-refractivity contribution is 7.10. The van der Waals surface area contributed by atoms with Crippen molar-refractivity contribution >= 4 is 29.0 Å². The molecule has 0 bridgehead atoms. The van der Waals surface area contributed by atoms with Gasteiger partial charge in [0.05, 0.1) is 26.3 Å². The maximum atomic E-state index is 13.5. The van der Waals surface area contributed by atoms with Crippen molar-refractivity contribution in [2.24, 2.45) is 0 Å². The zero-order valence-corrected chi connectivity index (χ0v) is 23.4. The number of methoxy groups -OCH3 is 2. The largest absolute Gasteiger partial charge is 0.493 e. The third-order valence-corrected chi connectivity index (χ3v) is 7.19. The molecule has 3 amide bonds. The maximum absolute atomic E-state index is 13.5. The van der Waals surface area contributed by atoms with Gasteiger partial charge in [0.2, 0.25) is 5.91 Å². The summed E-state index contributed by atoms with van der Waals surface area (Å²) in [5.41, 5.74) is 1.08. The Bertz CT molecular complexity index is 1330. The number of halogens is 3. The van der Waals surface area contributed by atoms with E-state index in [-0.39, 0.29) is 24.7 Å². The van der Waals surface area contributed by atoms with Gasteiger partial charge in [0.25, 0.3) is 0 Å². The van der Waals surface area contributed by atoms with E-state index >= 15 is 0 Å². The number of hydrogen-bond acceptors (Lipinski definition) is 5. The number of benzene rings is 2. The molecule has 0 unspecified atom stereocenters. The number of carbonyl (C=O) groups is 2. The van der Waals surface area contributed by atoms with Gasteiger partial charge in [0, 0.05) is 23.7 Å². The lowest BCUT2D eigenvalue weighted by Gasteiger charge is -2.27. The van der Waals surface area contributed by atoms with Crippen LogP contribution in [0.3, 0.4) is 0 Å². The lowest BCUT2D eigenvalue weighted by Crippen LogP contribution is -2.45. The molecule has 40 heavy (non-hydrogen) atoms. The van der Waals surface area contributed by atoms with Gasteiger partial charge < -0.3 is 24.6 Å². The number of aryl methyl sites for hydroxylation is 1. The van der Waals surface area contributed by atoms with Gasteiger partial charge in [0.15, 0.2) is 11.5 Å². The van der Waals surface area contributed by atoms with E-state index in [1.54, 1.807) is 25.2 Å². The lowest BCUT2D eigenvalue weighted by molar-refractivity contribution is -0.137. The van der Waals surface area contributed by atoms with Crippen molar-refractivity contribution in [3.05, 3.63) is 88.1 Å². The highest BCUT2D eigenvalue weighted by Gasteiger charge is 2.30. The second-order valence-corrected chi connectivity index (χ2v) is 9.96. The van der Waals surface area contributed by atoms with Crippen LogP contribution in [0.1, 0.15) is 21.6 Å². The summed E-state index contributed by atoms with van der Waals surface area (Å²) < 4.78 is 50.0. The molecular weight excluding hydrogens is 543 g/mol. The summed E-state index contributed by atoms with van der Waals surface area (Å²) in [5.74, 6) is 0.866. The van der Waals surface area contributed by atoms with Crippen LogP contribution in [-0.2, 0) is 23.9 Å². The Morgan fingerprint density at radius 1 is 1.05 bits per heavy atom. The summed E-state index contributed by atoms with van der Waals surface area (Å²) in [6.45, 7) is 6.08. The van der Waals surface area contributed by atoms with Gasteiger partial charge in [-0.05, 0) is 66.2 Å². The van der Waals surface area contributed by atoms with E-state index in [4.69, 9.17) is 9.47 Å². The van der Waals surface area contributed by atoms with Crippen molar-refractivity contribution in [2.45, 2.75) is 26.1 Å². The fourth-order valence-electron chi connectivity index (χ4n) is 3.95. The molecule has 214 valence electrons. The van der Waals surface area contributed by atoms with E-state index in [1.165, 1.54) is 34.4 Å². The molecule has 0 atom stereocenters. The van der Waals surface area contributed by atoms with Crippen LogP contribution in [0, 0.1) is 6.92 Å². The number of nitrogens with one attached hydrogen (secondary N) is 1. The Hall–Kier alpha value is -3.99. The number of nitrogens with zero attached hydrogens (tertiary/aromatic N) is 2. The van der Waals surface area contributed by atoms with Gasteiger partial charge in [-0.25, -0.2) is 4.79 Å². The zero-order valence-electron chi connectivity index (χ0n) is 22.6. The second kappa shape index (κ2) is 13.9. The summed E-state index contributed by atoms with van der Waals surface area (Å²) in [7, 11) is 3.11. The van der Waals surface area contributed by atoms with Crippen LogP contribution in [0.4, 0.5) is 23.7 Å². The van der Waals surface area contributed by atoms with Crippen LogP contribution >= 0.6 is 11.3 Å². The highest BCUT2D eigenvalue weighted by atomic mass is 32.1. The summed E-state index contributed by atoms with van der Waals surface area (Å²) in [6.07, 6.45) is -2.57. The molecule has 11 heteroatoms. The number of alkyl halides is 3. The molecule has 0 fully saturated rings. The molecule has 0 radical (unpaired) electrons. The number of carbonyl (C=O) groups excluding carboxylic acids is 2. The Labute approximate surface area is 235 Å². The topological polar surface area (TPSA) is 71.1 Å². The third kappa shape index (κ3) is 8.25. The van der Waals surface area contributed by atoms with Crippen molar-refractivity contribution in [3.63, 3.8) is 0 Å². The van der Waals surface area contributed by atoms with Crippen LogP contribution in [0.15, 0.2) is 66.6 Å². The zero-order chi connectivity index (χ0) is 29.3. The van der Waals surface area contributed by atoms with Gasteiger partial charge in [-0.3, -0.25) is 4.79 Å². The van der Waals surface area contributed by atoms with Crippen molar-refractivity contribution < 1.29 is 32.2 Å². The first kappa shape index (κ1) is 30.6. The van der Waals surface area contributed by atoms with Gasteiger partial charge in [-0.15, -0.1) is 17.9 Å². The van der Waals surface area contributed by atoms with Crippen LogP contribution in [0.5, 0.6) is 11.5 Å². The number of urea groups is 1. The first-order chi connectivity index (χ1) is 19.0. The molecule has 2 aromatic carbocycles. The third-order valence-electron chi connectivity index (χ3n) is 6.18. The SMILES string of the molecule is C=CCN(CC(=O)N(CCc1ccc(OC)c(OC)c1)Cc1sccc1C)C(=O)Nc1cccc(C(F)(F)F)c1. The number of hydrogen-bond donors (Lipinski definition) is 1. The van der Waals surface area contributed by atoms with Crippen LogP contribution < -0.4 is 14.8 Å². The van der Waals surface area contributed by atoms with Crippen molar-refractivity contribution in [2.75, 3.05) is 39.2 Å². The molecule has 1 aromatic heterocycles. The lowest BCUT2D eigenvalue weighted by atomic mass is 10.1. The number of thiophene rings is 1. The van der Waals surface area contributed by atoms with Crippen molar-refractivity contribution in [1.29, 1.82) is 0 Å². The highest BCUT2D eigenvalue weighted by Crippen LogP contribution is 2.31. The van der Waals surface area contributed by atoms with Gasteiger partial charge in [-0.1, -0.05) is 18.2 Å². The van der Waals surface area contributed by atoms with E-state index in [2.05, 4.69) is 11.9 Å². The Morgan fingerprint density at radius 3 is 2.42 bits per heavy atom. The molecule has 0 saturated heterocycles. The summed E-state index contributed by atoms with van der Waals surface area (Å²) in [6, 6.07) is 11.1.